The fourth-order valence-corrected chi connectivity index (χ4v) is 4.62. The van der Waals surface area contributed by atoms with Crippen molar-refractivity contribution in [2.24, 2.45) is 11.8 Å². The maximum absolute atomic E-state index is 13.8. The summed E-state index contributed by atoms with van der Waals surface area (Å²) < 4.78 is 80.6. The number of Topliss-reactive ketones (excluding diaryl/α,β-unsaturated/α-hetero) is 1. The van der Waals surface area contributed by atoms with Gasteiger partial charge in [0.2, 0.25) is 11.8 Å². The number of imide groups is 1. The predicted octanol–water partition coefficient (Wildman–Crippen LogP) is 5.49. The van der Waals surface area contributed by atoms with Crippen molar-refractivity contribution in [2.45, 2.75) is 24.7 Å². The first-order chi connectivity index (χ1) is 17.8. The van der Waals surface area contributed by atoms with Crippen LogP contribution in [0, 0.1) is 11.8 Å². The van der Waals surface area contributed by atoms with Gasteiger partial charge >= 0.3 is 12.4 Å². The highest BCUT2D eigenvalue weighted by Crippen LogP contribution is 2.40. The number of carbonyl (C=O) groups is 3. The van der Waals surface area contributed by atoms with Crippen LogP contribution in [0.3, 0.4) is 0 Å². The zero-order chi connectivity index (χ0) is 27.8. The third-order valence-electron chi connectivity index (χ3n) is 6.47. The molecule has 1 saturated heterocycles. The van der Waals surface area contributed by atoms with E-state index < -0.39 is 70.9 Å². The summed E-state index contributed by atoms with van der Waals surface area (Å²) in [5.41, 5.74) is -2.61. The van der Waals surface area contributed by atoms with Crippen LogP contribution >= 0.6 is 0 Å². The molecule has 1 aromatic carbocycles. The summed E-state index contributed by atoms with van der Waals surface area (Å²) in [4.78, 5) is 43.3. The zero-order valence-electron chi connectivity index (χ0n) is 19.6. The van der Waals surface area contributed by atoms with E-state index in [4.69, 9.17) is 0 Å². The van der Waals surface area contributed by atoms with Crippen LogP contribution in [-0.4, -0.2) is 34.0 Å². The van der Waals surface area contributed by atoms with Crippen LogP contribution in [0.2, 0.25) is 0 Å². The normalized spacial score (nSPS) is 20.3. The highest BCUT2D eigenvalue weighted by molar-refractivity contribution is 6.09. The Kier molecular flexibility index (Phi) is 7.14. The van der Waals surface area contributed by atoms with E-state index in [0.29, 0.717) is 0 Å². The summed E-state index contributed by atoms with van der Waals surface area (Å²) in [6, 6.07) is 5.34. The fraction of sp³-hybridized carbons (Fsp3) is 0.259. The molecule has 2 heterocycles. The van der Waals surface area contributed by atoms with Crippen LogP contribution in [-0.2, 0) is 26.7 Å². The molecule has 2 amide bonds. The summed E-state index contributed by atoms with van der Waals surface area (Å²) in [7, 11) is 0. The number of fused-ring (bicyclic) bond motifs is 1. The smallest absolute Gasteiger partial charge is 0.294 e. The number of pyridine rings is 1. The molecule has 4 rings (SSSR count). The largest absolute Gasteiger partial charge is 0.418 e. The maximum Gasteiger partial charge on any atom is 0.418 e. The molecule has 1 aliphatic heterocycles. The van der Waals surface area contributed by atoms with Gasteiger partial charge in [-0.25, -0.2) is 0 Å². The van der Waals surface area contributed by atoms with Crippen molar-refractivity contribution in [1.82, 2.24) is 9.88 Å². The van der Waals surface area contributed by atoms with Gasteiger partial charge in [0.15, 0.2) is 5.78 Å². The highest BCUT2D eigenvalue weighted by Gasteiger charge is 2.46. The van der Waals surface area contributed by atoms with Crippen molar-refractivity contribution in [3.8, 4) is 0 Å². The second-order valence-electron chi connectivity index (χ2n) is 8.84. The molecule has 5 nitrogen and oxygen atoms in total. The number of likely N-dealkylation sites (tertiary alicyclic amines) is 1. The first-order valence-electron chi connectivity index (χ1n) is 11.4. The summed E-state index contributed by atoms with van der Waals surface area (Å²) in [5.74, 6) is -4.74. The second kappa shape index (κ2) is 10.0. The Balaban J connectivity index is 1.70. The van der Waals surface area contributed by atoms with Gasteiger partial charge in [-0.05, 0) is 29.8 Å². The number of carbonyl (C=O) groups excluding carboxylic acids is 3. The Bertz CT molecular complexity index is 1340. The number of benzene rings is 1. The number of hydrogen-bond donors (Lipinski definition) is 0. The Morgan fingerprint density at radius 1 is 1.00 bits per heavy atom. The molecule has 198 valence electrons. The molecule has 2 aromatic rings. The van der Waals surface area contributed by atoms with E-state index in [2.05, 4.69) is 11.6 Å². The Labute approximate surface area is 213 Å². The highest BCUT2D eigenvalue weighted by atomic mass is 19.4. The van der Waals surface area contributed by atoms with E-state index in [-0.39, 0.29) is 17.7 Å². The average molecular weight is 534 g/mol. The van der Waals surface area contributed by atoms with Crippen molar-refractivity contribution in [1.29, 1.82) is 0 Å². The van der Waals surface area contributed by atoms with E-state index >= 15 is 0 Å². The van der Waals surface area contributed by atoms with E-state index in [1.807, 2.05) is 0 Å². The summed E-state index contributed by atoms with van der Waals surface area (Å²) in [6.45, 7) is 3.50. The minimum Gasteiger partial charge on any atom is -0.294 e. The van der Waals surface area contributed by atoms with Crippen molar-refractivity contribution in [3.05, 3.63) is 101 Å². The Morgan fingerprint density at radius 2 is 1.66 bits per heavy atom. The summed E-state index contributed by atoms with van der Waals surface area (Å²) in [5, 5.41) is 0. The topological polar surface area (TPSA) is 67.3 Å². The van der Waals surface area contributed by atoms with Crippen LogP contribution in [0.15, 0.2) is 79.1 Å². The monoisotopic (exact) mass is 534 g/mol. The molecule has 11 heteroatoms. The van der Waals surface area contributed by atoms with Crippen molar-refractivity contribution >= 4 is 17.6 Å². The van der Waals surface area contributed by atoms with Gasteiger partial charge in [0.25, 0.3) is 0 Å². The Morgan fingerprint density at radius 3 is 2.26 bits per heavy atom. The molecule has 38 heavy (non-hydrogen) atoms. The number of rotatable bonds is 7. The lowest BCUT2D eigenvalue weighted by Gasteiger charge is -2.22. The number of alkyl halides is 6. The number of allylic oxidation sites excluding steroid dienone is 2. The van der Waals surface area contributed by atoms with Crippen LogP contribution in [0.5, 0.6) is 0 Å². The third-order valence-corrected chi connectivity index (χ3v) is 6.47. The summed E-state index contributed by atoms with van der Waals surface area (Å²) in [6.07, 6.45) is -3.54. The zero-order valence-corrected chi connectivity index (χ0v) is 19.6. The maximum atomic E-state index is 13.8. The number of aromatic nitrogens is 1. The quantitative estimate of drug-likeness (QED) is 0.268. The van der Waals surface area contributed by atoms with E-state index in [0.717, 1.165) is 47.5 Å². The predicted molar refractivity (Wildman–Crippen MR) is 123 cm³/mol. The first-order valence-corrected chi connectivity index (χ1v) is 11.4. The molecule has 2 aliphatic rings. The number of nitrogens with zero attached hydrogens (tertiary/aromatic N) is 2. The average Bonchev–Trinajstić information content (AvgIpc) is 3.11. The number of amides is 2. The molecule has 0 spiro atoms. The molecule has 0 bridgehead atoms. The van der Waals surface area contributed by atoms with Gasteiger partial charge in [0, 0.05) is 30.7 Å². The van der Waals surface area contributed by atoms with E-state index in [1.54, 1.807) is 0 Å². The summed E-state index contributed by atoms with van der Waals surface area (Å²) >= 11 is 0. The van der Waals surface area contributed by atoms with Gasteiger partial charge in [-0.15, -0.1) is 6.58 Å². The minimum atomic E-state index is -4.83. The second-order valence-corrected chi connectivity index (χ2v) is 8.84. The van der Waals surface area contributed by atoms with E-state index in [1.165, 1.54) is 24.3 Å². The van der Waals surface area contributed by atoms with Crippen LogP contribution < -0.4 is 0 Å². The molecular formula is C27H20F6N2O3. The van der Waals surface area contributed by atoms with Crippen molar-refractivity contribution in [2.75, 3.05) is 6.54 Å². The molecule has 0 N–H and O–H groups in total. The lowest BCUT2D eigenvalue weighted by Crippen LogP contribution is -2.30. The van der Waals surface area contributed by atoms with E-state index in [9.17, 15) is 40.7 Å². The van der Waals surface area contributed by atoms with Gasteiger partial charge in [0.1, 0.15) is 0 Å². The lowest BCUT2D eigenvalue weighted by atomic mass is 9.82. The van der Waals surface area contributed by atoms with Gasteiger partial charge < -0.3 is 0 Å². The fourth-order valence-electron chi connectivity index (χ4n) is 4.62. The molecule has 1 aliphatic carbocycles. The van der Waals surface area contributed by atoms with Gasteiger partial charge in [-0.2, -0.15) is 26.3 Å². The lowest BCUT2D eigenvalue weighted by molar-refractivity contribution is -0.139. The molecule has 0 radical (unpaired) electrons. The Hall–Kier alpha value is -4.02. The van der Waals surface area contributed by atoms with Crippen LogP contribution in [0.4, 0.5) is 26.3 Å². The molecule has 3 atom stereocenters. The molecule has 0 saturated carbocycles. The van der Waals surface area contributed by atoms with Gasteiger partial charge in [0.05, 0.1) is 28.7 Å². The van der Waals surface area contributed by atoms with Crippen molar-refractivity contribution < 1.29 is 40.7 Å². The third kappa shape index (κ3) is 5.18. The number of ketones is 1. The number of hydrogen-bond acceptors (Lipinski definition) is 4. The first kappa shape index (κ1) is 27.0. The SMILES string of the molecule is C=CCN1C(=O)C2C=CC(C(=O)C[C@@H](c3ccc(C(F)(F)F)cc3)c3ncccc3C(F)(F)F)=CC2C1=O. The standard InChI is InChI=1S/C27H20F6N2O3/c1-2-12-35-24(37)18-10-7-16(13-20(18)25(35)38)22(36)14-19(15-5-8-17(9-6-15)26(28,29)30)23-21(27(31,32)33)4-3-11-34-23/h2-11,13,18-20H,1,12,14H2/t18?,19-,20?/m0/s1. The molecule has 2 unspecified atom stereocenters. The molecule has 1 aromatic heterocycles. The molecule has 1 fully saturated rings. The van der Waals surface area contributed by atoms with Gasteiger partial charge in [-0.1, -0.05) is 36.4 Å². The van der Waals surface area contributed by atoms with Crippen LogP contribution in [0.1, 0.15) is 34.7 Å². The number of halogens is 6. The van der Waals surface area contributed by atoms with Crippen molar-refractivity contribution in [3.63, 3.8) is 0 Å². The minimum absolute atomic E-state index is 0.00842. The van der Waals surface area contributed by atoms with Crippen LogP contribution in [0.25, 0.3) is 0 Å². The van der Waals surface area contributed by atoms with Gasteiger partial charge in [-0.3, -0.25) is 24.3 Å². The molecular weight excluding hydrogens is 514 g/mol.